The van der Waals surface area contributed by atoms with Crippen LogP contribution in [-0.4, -0.2) is 0 Å². The van der Waals surface area contributed by atoms with Crippen molar-refractivity contribution in [3.05, 3.63) is 6.92 Å². The zero-order valence-corrected chi connectivity index (χ0v) is 4.48. The van der Waals surface area contributed by atoms with Gasteiger partial charge in [-0.2, -0.15) is 5.26 Å². The summed E-state index contributed by atoms with van der Waals surface area (Å²) in [6.07, 6.45) is 3.75. The first-order valence-corrected chi connectivity index (χ1v) is 2.58. The van der Waals surface area contributed by atoms with E-state index in [4.69, 9.17) is 5.26 Å². The van der Waals surface area contributed by atoms with Gasteiger partial charge in [0.05, 0.1) is 19.4 Å². The van der Waals surface area contributed by atoms with Crippen LogP contribution in [0.4, 0.5) is 0 Å². The van der Waals surface area contributed by atoms with E-state index >= 15 is 0 Å². The zero-order chi connectivity index (χ0) is 5.54. The second-order valence-corrected chi connectivity index (χ2v) is 1.47. The lowest BCUT2D eigenvalue weighted by molar-refractivity contribution is 0.766. The minimum absolute atomic E-state index is 0.690. The van der Waals surface area contributed by atoms with E-state index in [-0.39, 0.29) is 0 Å². The number of nitriles is 1. The standard InChI is InChI=1S/C6H10N/c1-2-3-4-5-6-7/h1-5H2/q+1. The Morgan fingerprint density at radius 1 is 1.43 bits per heavy atom. The van der Waals surface area contributed by atoms with Gasteiger partial charge in [-0.25, -0.2) is 0 Å². The predicted molar refractivity (Wildman–Crippen MR) is 29.4 cm³/mol. The molecule has 0 atom stereocenters. The fourth-order valence-electron chi connectivity index (χ4n) is 0.381. The molecule has 0 fully saturated rings. The maximum atomic E-state index is 8.02. The molecule has 0 heterocycles. The highest BCUT2D eigenvalue weighted by Gasteiger charge is 1.83. The number of nitrogens with zero attached hydrogens (tertiary/aromatic N) is 1. The molecular weight excluding hydrogens is 86.1 g/mol. The Morgan fingerprint density at radius 3 is 2.57 bits per heavy atom. The largest absolute Gasteiger partial charge is 0.198 e. The molecule has 0 rings (SSSR count). The SMILES string of the molecule is [CH2+]CCCCC#N. The zero-order valence-electron chi connectivity index (χ0n) is 4.48. The van der Waals surface area contributed by atoms with E-state index in [0.29, 0.717) is 6.42 Å². The van der Waals surface area contributed by atoms with E-state index in [9.17, 15) is 0 Å². The fourth-order valence-corrected chi connectivity index (χ4v) is 0.381. The Kier molecular flexibility index (Phi) is 4.87. The van der Waals surface area contributed by atoms with E-state index in [0.717, 1.165) is 19.3 Å². The van der Waals surface area contributed by atoms with Crippen LogP contribution >= 0.6 is 0 Å². The third kappa shape index (κ3) is 5.36. The van der Waals surface area contributed by atoms with Crippen LogP contribution in [0.5, 0.6) is 0 Å². The summed E-state index contributed by atoms with van der Waals surface area (Å²) >= 11 is 0. The van der Waals surface area contributed by atoms with Gasteiger partial charge in [-0.1, -0.05) is 0 Å². The first-order chi connectivity index (χ1) is 3.41. The molecule has 0 aliphatic carbocycles. The molecule has 7 heavy (non-hydrogen) atoms. The molecule has 0 aromatic heterocycles. The van der Waals surface area contributed by atoms with Gasteiger partial charge in [-0.05, 0) is 12.8 Å². The molecule has 0 N–H and O–H groups in total. The van der Waals surface area contributed by atoms with Gasteiger partial charge in [0.15, 0.2) is 0 Å². The Bertz CT molecular complexity index is 61.1. The molecule has 1 heteroatoms. The van der Waals surface area contributed by atoms with Crippen molar-refractivity contribution >= 4 is 0 Å². The monoisotopic (exact) mass is 96.1 g/mol. The van der Waals surface area contributed by atoms with Crippen molar-refractivity contribution in [2.24, 2.45) is 0 Å². The van der Waals surface area contributed by atoms with Gasteiger partial charge in [-0.3, -0.25) is 0 Å². The lowest BCUT2D eigenvalue weighted by atomic mass is 10.2. The Balaban J connectivity index is 2.60. The van der Waals surface area contributed by atoms with Crippen molar-refractivity contribution in [1.82, 2.24) is 0 Å². The van der Waals surface area contributed by atoms with Gasteiger partial charge in [0, 0.05) is 6.42 Å². The quantitative estimate of drug-likeness (QED) is 0.389. The molecule has 0 radical (unpaired) electrons. The number of rotatable bonds is 3. The Labute approximate surface area is 45.0 Å². The average molecular weight is 96.2 g/mol. The van der Waals surface area contributed by atoms with Crippen LogP contribution in [0.15, 0.2) is 0 Å². The highest BCUT2D eigenvalue weighted by atomic mass is 14.2. The van der Waals surface area contributed by atoms with Crippen molar-refractivity contribution in [1.29, 1.82) is 5.26 Å². The summed E-state index contributed by atoms with van der Waals surface area (Å²) in [7, 11) is 0. The molecular formula is C6H10N+. The fraction of sp³-hybridized carbons (Fsp3) is 0.667. The van der Waals surface area contributed by atoms with Gasteiger partial charge in [0.1, 0.15) is 0 Å². The van der Waals surface area contributed by atoms with E-state index in [1.807, 2.05) is 0 Å². The van der Waals surface area contributed by atoms with E-state index in [2.05, 4.69) is 13.0 Å². The van der Waals surface area contributed by atoms with Crippen LogP contribution in [-0.2, 0) is 0 Å². The summed E-state index contributed by atoms with van der Waals surface area (Å²) in [6, 6.07) is 2.07. The van der Waals surface area contributed by atoms with E-state index in [1.165, 1.54) is 0 Å². The summed E-state index contributed by atoms with van der Waals surface area (Å²) < 4.78 is 0. The third-order valence-corrected chi connectivity index (χ3v) is 0.789. The lowest BCUT2D eigenvalue weighted by Gasteiger charge is -1.80. The topological polar surface area (TPSA) is 23.8 Å². The predicted octanol–water partition coefficient (Wildman–Crippen LogP) is 1.90. The van der Waals surface area contributed by atoms with Crippen molar-refractivity contribution in [2.75, 3.05) is 0 Å². The molecule has 0 aliphatic heterocycles. The van der Waals surface area contributed by atoms with E-state index in [1.54, 1.807) is 0 Å². The smallest absolute Gasteiger partial charge is 0.0851 e. The summed E-state index contributed by atoms with van der Waals surface area (Å²) in [5.74, 6) is 0. The molecule has 0 aromatic rings. The van der Waals surface area contributed by atoms with Gasteiger partial charge >= 0.3 is 0 Å². The van der Waals surface area contributed by atoms with Crippen LogP contribution in [0.3, 0.4) is 0 Å². The molecule has 0 amide bonds. The maximum Gasteiger partial charge on any atom is 0.0851 e. The van der Waals surface area contributed by atoms with Gasteiger partial charge in [0.25, 0.3) is 0 Å². The summed E-state index contributed by atoms with van der Waals surface area (Å²) in [5, 5.41) is 8.02. The summed E-state index contributed by atoms with van der Waals surface area (Å²) in [4.78, 5) is 0. The Morgan fingerprint density at radius 2 is 2.14 bits per heavy atom. The number of unbranched alkanes of at least 4 members (excludes halogenated alkanes) is 3. The highest BCUT2D eigenvalue weighted by molar-refractivity contribution is 4.67. The van der Waals surface area contributed by atoms with Crippen LogP contribution in [0.2, 0.25) is 0 Å². The van der Waals surface area contributed by atoms with Crippen LogP contribution in [0.25, 0.3) is 0 Å². The molecule has 0 saturated heterocycles. The number of hydrogen-bond acceptors (Lipinski definition) is 1. The molecule has 1 nitrogen and oxygen atoms in total. The first kappa shape index (κ1) is 6.36. The van der Waals surface area contributed by atoms with Crippen molar-refractivity contribution in [3.63, 3.8) is 0 Å². The second kappa shape index (κ2) is 5.36. The van der Waals surface area contributed by atoms with Crippen LogP contribution in [0.1, 0.15) is 25.7 Å². The first-order valence-electron chi connectivity index (χ1n) is 2.58. The normalized spacial score (nSPS) is 7.86. The van der Waals surface area contributed by atoms with Crippen LogP contribution < -0.4 is 0 Å². The van der Waals surface area contributed by atoms with E-state index < -0.39 is 0 Å². The van der Waals surface area contributed by atoms with Gasteiger partial charge in [-0.15, -0.1) is 0 Å². The summed E-state index contributed by atoms with van der Waals surface area (Å²) in [6.45, 7) is 3.65. The number of hydrogen-bond donors (Lipinski definition) is 0. The van der Waals surface area contributed by atoms with Crippen LogP contribution in [0, 0.1) is 18.3 Å². The highest BCUT2D eigenvalue weighted by Crippen LogP contribution is 1.95. The molecule has 0 bridgehead atoms. The molecule has 0 unspecified atom stereocenters. The van der Waals surface area contributed by atoms with Crippen molar-refractivity contribution < 1.29 is 0 Å². The molecule has 0 saturated carbocycles. The minimum Gasteiger partial charge on any atom is -0.198 e. The van der Waals surface area contributed by atoms with Gasteiger partial charge < -0.3 is 0 Å². The molecule has 0 aromatic carbocycles. The molecule has 0 spiro atoms. The second-order valence-electron chi connectivity index (χ2n) is 1.47. The van der Waals surface area contributed by atoms with Gasteiger partial charge in [0.2, 0.25) is 0 Å². The molecule has 0 aliphatic rings. The Hall–Kier alpha value is -0.640. The lowest BCUT2D eigenvalue weighted by Crippen LogP contribution is -1.68. The maximum absolute atomic E-state index is 8.02. The molecule has 38 valence electrons. The third-order valence-electron chi connectivity index (χ3n) is 0.789. The average Bonchev–Trinajstić information content (AvgIpc) is 1.69. The summed E-state index contributed by atoms with van der Waals surface area (Å²) in [5.41, 5.74) is 0. The van der Waals surface area contributed by atoms with Crippen molar-refractivity contribution in [2.45, 2.75) is 25.7 Å². The van der Waals surface area contributed by atoms with Crippen molar-refractivity contribution in [3.8, 4) is 6.07 Å². The minimum atomic E-state index is 0.690.